The highest BCUT2D eigenvalue weighted by Crippen LogP contribution is 2.41. The topological polar surface area (TPSA) is 123 Å². The van der Waals surface area contributed by atoms with E-state index in [2.05, 4.69) is 27.4 Å². The maximum Gasteiger partial charge on any atom is 0.246 e. The minimum absolute atomic E-state index is 0.329. The third-order valence-electron chi connectivity index (χ3n) is 5.88. The molecule has 1 fully saturated rings. The van der Waals surface area contributed by atoms with Crippen LogP contribution in [-0.2, 0) is 4.79 Å². The average Bonchev–Trinajstić information content (AvgIpc) is 2.84. The molecule has 1 aliphatic carbocycles. The normalized spacial score (nSPS) is 16.3. The number of anilines is 1. The maximum absolute atomic E-state index is 9.82. The first-order valence-electron chi connectivity index (χ1n) is 12.2. The quantitative estimate of drug-likeness (QED) is 0.534. The Hall–Kier alpha value is -2.71. The van der Waals surface area contributed by atoms with Gasteiger partial charge >= 0.3 is 0 Å². The lowest BCUT2D eigenvalue weighted by molar-refractivity contribution is -0.123. The zero-order valence-electron chi connectivity index (χ0n) is 21.6. The van der Waals surface area contributed by atoms with Gasteiger partial charge in [0.25, 0.3) is 0 Å². The zero-order chi connectivity index (χ0) is 26.2. The molecule has 1 aromatic carbocycles. The summed E-state index contributed by atoms with van der Waals surface area (Å²) in [6.07, 6.45) is 6.33. The van der Waals surface area contributed by atoms with E-state index < -0.39 is 12.2 Å². The van der Waals surface area contributed by atoms with E-state index in [1.165, 1.54) is 44.7 Å². The van der Waals surface area contributed by atoms with Gasteiger partial charge in [0.1, 0.15) is 18.0 Å². The fourth-order valence-electron chi connectivity index (χ4n) is 4.18. The maximum atomic E-state index is 9.82. The minimum Gasteiger partial charge on any atom is -0.463 e. The Balaban J connectivity index is 0.000000474. The number of rotatable bonds is 3. The second-order valence-corrected chi connectivity index (χ2v) is 9.19. The predicted molar refractivity (Wildman–Crippen MR) is 142 cm³/mol. The van der Waals surface area contributed by atoms with Crippen LogP contribution in [-0.4, -0.2) is 45.9 Å². The SMILES string of the molecule is CC.CNC(=O)CO.Cc1nc(N)c2c(n1)OC(C)(C)C(c1ccc(C3CCCCC3)c(Cl)c1)=N2. The molecular formula is C26H38ClN5O3. The largest absolute Gasteiger partial charge is 0.463 e. The van der Waals surface area contributed by atoms with E-state index in [0.29, 0.717) is 29.1 Å². The molecule has 2 heterocycles. The molecule has 192 valence electrons. The lowest BCUT2D eigenvalue weighted by Crippen LogP contribution is -2.41. The molecule has 4 rings (SSSR count). The fourth-order valence-corrected chi connectivity index (χ4v) is 4.52. The molecule has 9 heteroatoms. The van der Waals surface area contributed by atoms with Crippen molar-refractivity contribution in [3.8, 4) is 5.88 Å². The molecule has 1 aromatic heterocycles. The summed E-state index contributed by atoms with van der Waals surface area (Å²) in [6.45, 7) is 9.32. The number of nitrogens with zero attached hydrogens (tertiary/aromatic N) is 3. The first-order chi connectivity index (χ1) is 16.7. The molecule has 1 saturated carbocycles. The molecule has 0 saturated heterocycles. The number of halogens is 1. The smallest absolute Gasteiger partial charge is 0.246 e. The van der Waals surface area contributed by atoms with E-state index in [1.54, 1.807) is 6.92 Å². The van der Waals surface area contributed by atoms with Crippen LogP contribution in [0.25, 0.3) is 0 Å². The molecule has 0 bridgehead atoms. The number of carbonyl (C=O) groups excluding carboxylic acids is 1. The van der Waals surface area contributed by atoms with Crippen molar-refractivity contribution in [2.24, 2.45) is 4.99 Å². The number of fused-ring (bicyclic) bond motifs is 1. The molecule has 1 amide bonds. The molecule has 1 aliphatic heterocycles. The number of likely N-dealkylation sites (N-methyl/N-ethyl adjacent to an activating group) is 1. The summed E-state index contributed by atoms with van der Waals surface area (Å²) in [5, 5.41) is 11.0. The van der Waals surface area contributed by atoms with Crippen molar-refractivity contribution in [3.05, 3.63) is 40.2 Å². The van der Waals surface area contributed by atoms with Crippen molar-refractivity contribution < 1.29 is 14.6 Å². The van der Waals surface area contributed by atoms with Gasteiger partial charge in [-0.3, -0.25) is 4.79 Å². The summed E-state index contributed by atoms with van der Waals surface area (Å²) in [5.74, 6) is 1.54. The van der Waals surface area contributed by atoms with E-state index in [9.17, 15) is 4.79 Å². The third kappa shape index (κ3) is 7.15. The molecule has 2 aliphatic rings. The van der Waals surface area contributed by atoms with Crippen molar-refractivity contribution >= 4 is 34.7 Å². The van der Waals surface area contributed by atoms with Crippen LogP contribution < -0.4 is 15.8 Å². The molecule has 4 N–H and O–H groups in total. The Morgan fingerprint density at radius 2 is 1.89 bits per heavy atom. The van der Waals surface area contributed by atoms with E-state index >= 15 is 0 Å². The lowest BCUT2D eigenvalue weighted by atomic mass is 9.83. The van der Waals surface area contributed by atoms with Crippen LogP contribution in [0.5, 0.6) is 5.88 Å². The lowest BCUT2D eigenvalue weighted by Gasteiger charge is -2.32. The first-order valence-corrected chi connectivity index (χ1v) is 12.6. The average molecular weight is 504 g/mol. The van der Waals surface area contributed by atoms with Crippen LogP contribution in [0.2, 0.25) is 5.02 Å². The summed E-state index contributed by atoms with van der Waals surface area (Å²) in [7, 11) is 1.47. The number of hydrogen-bond donors (Lipinski definition) is 3. The van der Waals surface area contributed by atoms with Gasteiger partial charge < -0.3 is 20.9 Å². The van der Waals surface area contributed by atoms with E-state index in [-0.39, 0.29) is 5.91 Å². The third-order valence-corrected chi connectivity index (χ3v) is 6.21. The Morgan fingerprint density at radius 1 is 1.23 bits per heavy atom. The minimum atomic E-state index is -0.643. The van der Waals surface area contributed by atoms with Gasteiger partial charge in [-0.1, -0.05) is 56.8 Å². The zero-order valence-corrected chi connectivity index (χ0v) is 22.4. The number of ether oxygens (including phenoxy) is 1. The summed E-state index contributed by atoms with van der Waals surface area (Å²) >= 11 is 6.68. The number of nitrogen functional groups attached to an aromatic ring is 1. The van der Waals surface area contributed by atoms with Gasteiger partial charge in [-0.05, 0) is 51.2 Å². The number of aromatic nitrogens is 2. The molecule has 0 unspecified atom stereocenters. The van der Waals surface area contributed by atoms with E-state index in [1.807, 2.05) is 33.8 Å². The van der Waals surface area contributed by atoms with Crippen molar-refractivity contribution in [2.75, 3.05) is 19.4 Å². The number of aliphatic hydroxyl groups excluding tert-OH is 1. The number of amides is 1. The molecule has 0 atom stereocenters. The fraction of sp³-hybridized carbons (Fsp3) is 0.538. The van der Waals surface area contributed by atoms with Crippen LogP contribution in [0.1, 0.15) is 82.7 Å². The molecule has 8 nitrogen and oxygen atoms in total. The monoisotopic (exact) mass is 503 g/mol. The Bertz CT molecular complexity index is 1040. The van der Waals surface area contributed by atoms with Crippen molar-refractivity contribution in [1.29, 1.82) is 0 Å². The molecule has 35 heavy (non-hydrogen) atoms. The second kappa shape index (κ2) is 12.8. The van der Waals surface area contributed by atoms with Gasteiger partial charge in [0.15, 0.2) is 11.5 Å². The number of benzene rings is 1. The number of carbonyl (C=O) groups is 1. The number of hydrogen-bond acceptors (Lipinski definition) is 7. The first kappa shape index (κ1) is 28.5. The highest BCUT2D eigenvalue weighted by Gasteiger charge is 2.35. The van der Waals surface area contributed by atoms with Gasteiger partial charge in [0.2, 0.25) is 11.8 Å². The van der Waals surface area contributed by atoms with Crippen LogP contribution in [0.3, 0.4) is 0 Å². The number of aliphatic imine (C=N–C) groups is 1. The number of nitrogens with one attached hydrogen (secondary N) is 1. The summed E-state index contributed by atoms with van der Waals surface area (Å²) in [4.78, 5) is 23.1. The van der Waals surface area contributed by atoms with Crippen LogP contribution >= 0.6 is 11.6 Å². The van der Waals surface area contributed by atoms with Gasteiger partial charge in [0, 0.05) is 17.6 Å². The van der Waals surface area contributed by atoms with Crippen molar-refractivity contribution in [2.45, 2.75) is 78.2 Å². The molecular weight excluding hydrogens is 466 g/mol. The highest BCUT2D eigenvalue weighted by molar-refractivity contribution is 6.32. The highest BCUT2D eigenvalue weighted by atomic mass is 35.5. The van der Waals surface area contributed by atoms with E-state index in [4.69, 9.17) is 32.2 Å². The molecule has 0 spiro atoms. The summed E-state index contributed by atoms with van der Waals surface area (Å²) in [5.41, 5.74) is 8.87. The molecule has 2 aromatic rings. The summed E-state index contributed by atoms with van der Waals surface area (Å²) in [6, 6.07) is 6.25. The van der Waals surface area contributed by atoms with Gasteiger partial charge in [-0.25, -0.2) is 9.98 Å². The number of nitrogens with two attached hydrogens (primary N) is 1. The van der Waals surface area contributed by atoms with Crippen LogP contribution in [0.4, 0.5) is 11.5 Å². The number of aliphatic hydroxyl groups is 1. The standard InChI is InChI=1S/C21H25ClN4O.C3H7NO2.C2H6/c1-12-24-19(23)17-20(25-12)27-21(2,3)18(26-17)14-9-10-15(16(22)11-14)13-7-5-4-6-8-13;1-4-3(6)2-5;1-2/h9-11,13H,4-8H2,1-3H3,(H2,23,24,25);5H,2H2,1H3,(H,4,6);1-2H3. The van der Waals surface area contributed by atoms with Gasteiger partial charge in [0.05, 0.1) is 5.71 Å². The van der Waals surface area contributed by atoms with Crippen molar-refractivity contribution in [1.82, 2.24) is 15.3 Å². The van der Waals surface area contributed by atoms with Crippen LogP contribution in [0, 0.1) is 6.92 Å². The number of aryl methyl sites for hydroxylation is 1. The molecule has 0 radical (unpaired) electrons. The Morgan fingerprint density at radius 3 is 2.43 bits per heavy atom. The van der Waals surface area contributed by atoms with Gasteiger partial charge in [-0.2, -0.15) is 4.98 Å². The van der Waals surface area contributed by atoms with Gasteiger partial charge in [-0.15, -0.1) is 0 Å². The van der Waals surface area contributed by atoms with Crippen LogP contribution in [0.15, 0.2) is 23.2 Å². The summed E-state index contributed by atoms with van der Waals surface area (Å²) < 4.78 is 6.13. The van der Waals surface area contributed by atoms with Crippen molar-refractivity contribution in [3.63, 3.8) is 0 Å². The Kier molecular flexibility index (Phi) is 10.5. The Labute approximate surface area is 213 Å². The second-order valence-electron chi connectivity index (χ2n) is 8.79. The predicted octanol–water partition coefficient (Wildman–Crippen LogP) is 5.11. The van der Waals surface area contributed by atoms with E-state index in [0.717, 1.165) is 16.3 Å².